The minimum Gasteiger partial charge on any atom is -0.482 e. The van der Waals surface area contributed by atoms with Crippen molar-refractivity contribution in [3.05, 3.63) is 53.8 Å². The third-order valence-electron chi connectivity index (χ3n) is 5.18. The Morgan fingerprint density at radius 2 is 2.04 bits per heavy atom. The number of hydrogen-bond acceptors (Lipinski definition) is 3. The van der Waals surface area contributed by atoms with Crippen molar-refractivity contribution >= 4 is 23.3 Å². The zero-order chi connectivity index (χ0) is 19.5. The van der Waals surface area contributed by atoms with Gasteiger partial charge in [0.05, 0.1) is 5.69 Å². The maximum atomic E-state index is 13.3. The van der Waals surface area contributed by atoms with Crippen LogP contribution < -0.4 is 15.4 Å². The highest BCUT2D eigenvalue weighted by Gasteiger charge is 2.24. The Kier molecular flexibility index (Phi) is 5.14. The Bertz CT molecular complexity index is 894. The fraction of sp³-hybridized carbons (Fsp3) is 0.333. The van der Waals surface area contributed by atoms with Crippen LogP contribution in [0.1, 0.15) is 18.4 Å². The SMILES string of the molecule is O=C1COc2cc(NC(=O)N3CCC(Cc4cccc(F)c4)CC3)ccc2N1. The highest BCUT2D eigenvalue weighted by molar-refractivity contribution is 5.96. The van der Waals surface area contributed by atoms with Crippen LogP contribution in [0.3, 0.4) is 0 Å². The van der Waals surface area contributed by atoms with Crippen LogP contribution in [-0.2, 0) is 11.2 Å². The molecule has 2 aliphatic heterocycles. The second-order valence-corrected chi connectivity index (χ2v) is 7.24. The first-order valence-electron chi connectivity index (χ1n) is 9.44. The molecule has 1 fully saturated rings. The lowest BCUT2D eigenvalue weighted by atomic mass is 9.90. The number of piperidine rings is 1. The highest BCUT2D eigenvalue weighted by Crippen LogP contribution is 2.31. The molecular weight excluding hydrogens is 361 g/mol. The fourth-order valence-corrected chi connectivity index (χ4v) is 3.69. The van der Waals surface area contributed by atoms with Gasteiger partial charge in [0.15, 0.2) is 6.61 Å². The summed E-state index contributed by atoms with van der Waals surface area (Å²) in [5.74, 6) is 0.603. The van der Waals surface area contributed by atoms with Crippen molar-refractivity contribution in [1.29, 1.82) is 0 Å². The van der Waals surface area contributed by atoms with E-state index in [2.05, 4.69) is 10.6 Å². The number of urea groups is 1. The average Bonchev–Trinajstić information content (AvgIpc) is 2.69. The molecule has 1 saturated heterocycles. The monoisotopic (exact) mass is 383 g/mol. The molecule has 0 atom stereocenters. The van der Waals surface area contributed by atoms with Crippen LogP contribution >= 0.6 is 0 Å². The number of ether oxygens (including phenoxy) is 1. The van der Waals surface area contributed by atoms with Gasteiger partial charge in [0.2, 0.25) is 0 Å². The van der Waals surface area contributed by atoms with Crippen molar-refractivity contribution in [2.75, 3.05) is 30.3 Å². The number of halogens is 1. The van der Waals surface area contributed by atoms with E-state index < -0.39 is 0 Å². The summed E-state index contributed by atoms with van der Waals surface area (Å²) in [6.07, 6.45) is 2.62. The lowest BCUT2D eigenvalue weighted by Crippen LogP contribution is -2.41. The van der Waals surface area contributed by atoms with E-state index >= 15 is 0 Å². The van der Waals surface area contributed by atoms with Crippen molar-refractivity contribution in [2.24, 2.45) is 5.92 Å². The molecule has 4 rings (SSSR count). The number of carbonyl (C=O) groups is 2. The summed E-state index contributed by atoms with van der Waals surface area (Å²) in [4.78, 5) is 25.7. The average molecular weight is 383 g/mol. The quantitative estimate of drug-likeness (QED) is 0.850. The molecule has 0 bridgehead atoms. The largest absolute Gasteiger partial charge is 0.482 e. The Labute approximate surface area is 162 Å². The highest BCUT2D eigenvalue weighted by atomic mass is 19.1. The van der Waals surface area contributed by atoms with Crippen LogP contribution in [0.5, 0.6) is 5.75 Å². The second-order valence-electron chi connectivity index (χ2n) is 7.24. The van der Waals surface area contributed by atoms with Crippen LogP contribution in [0.15, 0.2) is 42.5 Å². The summed E-state index contributed by atoms with van der Waals surface area (Å²) in [5, 5.41) is 5.61. The number of likely N-dealkylation sites (tertiary alicyclic amines) is 1. The van der Waals surface area contributed by atoms with Crippen LogP contribution in [0.25, 0.3) is 0 Å². The van der Waals surface area contributed by atoms with Crippen LogP contribution in [-0.4, -0.2) is 36.5 Å². The minimum absolute atomic E-state index is 0.0246. The maximum absolute atomic E-state index is 13.3. The lowest BCUT2D eigenvalue weighted by molar-refractivity contribution is -0.118. The first-order valence-corrected chi connectivity index (χ1v) is 9.44. The molecule has 28 heavy (non-hydrogen) atoms. The number of amides is 3. The molecule has 2 aromatic rings. The molecule has 0 radical (unpaired) electrons. The van der Waals surface area contributed by atoms with Crippen molar-refractivity contribution < 1.29 is 18.7 Å². The molecule has 2 heterocycles. The second kappa shape index (κ2) is 7.88. The smallest absolute Gasteiger partial charge is 0.321 e. The molecule has 0 unspecified atom stereocenters. The number of rotatable bonds is 3. The van der Waals surface area contributed by atoms with E-state index in [-0.39, 0.29) is 24.4 Å². The predicted octanol–water partition coefficient (Wildman–Crippen LogP) is 3.64. The van der Waals surface area contributed by atoms with Gasteiger partial charge in [0, 0.05) is 24.8 Å². The minimum atomic E-state index is -0.206. The molecule has 7 heteroatoms. The molecule has 0 saturated carbocycles. The topological polar surface area (TPSA) is 70.7 Å². The standard InChI is InChI=1S/C21H22FN3O3/c22-16-3-1-2-15(11-16)10-14-6-8-25(9-7-14)21(27)23-17-4-5-18-19(12-17)28-13-20(26)24-18/h1-5,11-12,14H,6-10,13H2,(H,23,27)(H,24,26). The lowest BCUT2D eigenvalue weighted by Gasteiger charge is -2.32. The van der Waals surface area contributed by atoms with E-state index in [0.29, 0.717) is 36.1 Å². The van der Waals surface area contributed by atoms with Gasteiger partial charge in [0.1, 0.15) is 11.6 Å². The molecule has 2 aromatic carbocycles. The molecule has 2 N–H and O–H groups in total. The van der Waals surface area contributed by atoms with Gasteiger partial charge in [-0.2, -0.15) is 0 Å². The number of nitrogens with zero attached hydrogens (tertiary/aromatic N) is 1. The molecular formula is C21H22FN3O3. The van der Waals surface area contributed by atoms with Crippen LogP contribution in [0.4, 0.5) is 20.6 Å². The molecule has 2 aliphatic rings. The van der Waals surface area contributed by atoms with E-state index in [0.717, 1.165) is 24.8 Å². The van der Waals surface area contributed by atoms with Gasteiger partial charge in [-0.1, -0.05) is 12.1 Å². The van der Waals surface area contributed by atoms with Crippen molar-refractivity contribution in [2.45, 2.75) is 19.3 Å². The van der Waals surface area contributed by atoms with Gasteiger partial charge >= 0.3 is 6.03 Å². The number of benzene rings is 2. The zero-order valence-electron chi connectivity index (χ0n) is 15.4. The Hall–Kier alpha value is -3.09. The summed E-state index contributed by atoms with van der Waals surface area (Å²) >= 11 is 0. The van der Waals surface area contributed by atoms with Gasteiger partial charge in [-0.05, 0) is 55.0 Å². The normalized spacial score (nSPS) is 16.8. The first-order chi connectivity index (χ1) is 13.6. The van der Waals surface area contributed by atoms with Gasteiger partial charge < -0.3 is 20.3 Å². The Morgan fingerprint density at radius 1 is 1.21 bits per heavy atom. The molecule has 3 amide bonds. The summed E-state index contributed by atoms with van der Waals surface area (Å²) in [6.45, 7) is 1.32. The molecule has 146 valence electrons. The summed E-state index contributed by atoms with van der Waals surface area (Å²) in [5.41, 5.74) is 2.23. The van der Waals surface area contributed by atoms with Gasteiger partial charge in [0.25, 0.3) is 5.91 Å². The first kappa shape index (κ1) is 18.3. The van der Waals surface area contributed by atoms with E-state index in [1.165, 1.54) is 6.07 Å². The van der Waals surface area contributed by atoms with E-state index in [9.17, 15) is 14.0 Å². The van der Waals surface area contributed by atoms with Crippen molar-refractivity contribution in [3.8, 4) is 5.75 Å². The van der Waals surface area contributed by atoms with Crippen molar-refractivity contribution in [3.63, 3.8) is 0 Å². The molecule has 0 aromatic heterocycles. The predicted molar refractivity (Wildman–Crippen MR) is 104 cm³/mol. The van der Waals surface area contributed by atoms with E-state index in [4.69, 9.17) is 4.74 Å². The summed E-state index contributed by atoms with van der Waals surface area (Å²) in [6, 6.07) is 11.7. The fourth-order valence-electron chi connectivity index (χ4n) is 3.69. The number of anilines is 2. The number of hydrogen-bond donors (Lipinski definition) is 2. The van der Waals surface area contributed by atoms with E-state index in [1.54, 1.807) is 35.2 Å². The third kappa shape index (κ3) is 4.24. The zero-order valence-corrected chi connectivity index (χ0v) is 15.4. The maximum Gasteiger partial charge on any atom is 0.321 e. The molecule has 0 aliphatic carbocycles. The van der Waals surface area contributed by atoms with Crippen LogP contribution in [0.2, 0.25) is 0 Å². The van der Waals surface area contributed by atoms with Crippen molar-refractivity contribution in [1.82, 2.24) is 4.90 Å². The number of carbonyl (C=O) groups excluding carboxylic acids is 2. The summed E-state index contributed by atoms with van der Waals surface area (Å²) < 4.78 is 18.7. The molecule has 6 nitrogen and oxygen atoms in total. The van der Waals surface area contributed by atoms with Gasteiger partial charge in [-0.15, -0.1) is 0 Å². The summed E-state index contributed by atoms with van der Waals surface area (Å²) in [7, 11) is 0. The Morgan fingerprint density at radius 3 is 2.82 bits per heavy atom. The van der Waals surface area contributed by atoms with Crippen LogP contribution in [0, 0.1) is 11.7 Å². The van der Waals surface area contributed by atoms with Gasteiger partial charge in [-0.25, -0.2) is 9.18 Å². The number of nitrogens with one attached hydrogen (secondary N) is 2. The molecule has 0 spiro atoms. The number of fused-ring (bicyclic) bond motifs is 1. The third-order valence-corrected chi connectivity index (χ3v) is 5.18. The van der Waals surface area contributed by atoms with E-state index in [1.807, 2.05) is 6.07 Å². The Balaban J connectivity index is 1.30. The van der Waals surface area contributed by atoms with Gasteiger partial charge in [-0.3, -0.25) is 4.79 Å².